The van der Waals surface area contributed by atoms with Gasteiger partial charge in [-0.1, -0.05) is 17.7 Å². The van der Waals surface area contributed by atoms with Crippen LogP contribution in [0.5, 0.6) is 0 Å². The van der Waals surface area contributed by atoms with E-state index in [1.54, 1.807) is 0 Å². The maximum atomic E-state index is 10.4. The molecule has 1 rings (SSSR count). The van der Waals surface area contributed by atoms with Crippen LogP contribution >= 0.6 is 22.6 Å². The molecule has 0 aromatic heterocycles. The van der Waals surface area contributed by atoms with Crippen LogP contribution in [0.3, 0.4) is 0 Å². The highest BCUT2D eigenvalue weighted by Gasteiger charge is 2.02. The van der Waals surface area contributed by atoms with E-state index < -0.39 is 5.97 Å². The predicted molar refractivity (Wildman–Crippen MR) is 59.9 cm³/mol. The van der Waals surface area contributed by atoms with E-state index in [1.165, 1.54) is 5.56 Å². The SMILES string of the molecule is Cc1ccc(I)c(CCC(=O)O)c1. The summed E-state index contributed by atoms with van der Waals surface area (Å²) in [6.07, 6.45) is 0.828. The van der Waals surface area contributed by atoms with E-state index in [1.807, 2.05) is 25.1 Å². The molecule has 0 heterocycles. The first-order chi connectivity index (χ1) is 6.09. The zero-order valence-corrected chi connectivity index (χ0v) is 9.54. The maximum Gasteiger partial charge on any atom is 0.303 e. The van der Waals surface area contributed by atoms with Gasteiger partial charge in [-0.05, 0) is 47.6 Å². The summed E-state index contributed by atoms with van der Waals surface area (Å²) in [6, 6.07) is 6.10. The lowest BCUT2D eigenvalue weighted by atomic mass is 10.1. The number of aryl methyl sites for hydroxylation is 2. The van der Waals surface area contributed by atoms with Crippen LogP contribution in [0.2, 0.25) is 0 Å². The molecule has 0 unspecified atom stereocenters. The van der Waals surface area contributed by atoms with Gasteiger partial charge < -0.3 is 5.11 Å². The van der Waals surface area contributed by atoms with Crippen molar-refractivity contribution in [2.75, 3.05) is 0 Å². The molecule has 1 aromatic rings. The molecule has 70 valence electrons. The van der Waals surface area contributed by atoms with Crippen LogP contribution in [0.1, 0.15) is 17.5 Å². The van der Waals surface area contributed by atoms with Crippen molar-refractivity contribution in [2.24, 2.45) is 0 Å². The monoisotopic (exact) mass is 290 g/mol. The fourth-order valence-corrected chi connectivity index (χ4v) is 1.74. The molecule has 0 aliphatic heterocycles. The highest BCUT2D eigenvalue weighted by Crippen LogP contribution is 2.15. The number of benzene rings is 1. The lowest BCUT2D eigenvalue weighted by Gasteiger charge is -2.03. The third kappa shape index (κ3) is 3.34. The van der Waals surface area contributed by atoms with Gasteiger partial charge in [-0.3, -0.25) is 4.79 Å². The molecule has 0 aliphatic carbocycles. The summed E-state index contributed by atoms with van der Waals surface area (Å²) in [6.45, 7) is 2.01. The van der Waals surface area contributed by atoms with E-state index in [4.69, 9.17) is 5.11 Å². The van der Waals surface area contributed by atoms with Gasteiger partial charge in [-0.25, -0.2) is 0 Å². The Kier molecular flexibility index (Phi) is 3.71. The molecule has 0 amide bonds. The van der Waals surface area contributed by atoms with Crippen LogP contribution < -0.4 is 0 Å². The van der Waals surface area contributed by atoms with Crippen LogP contribution in [0, 0.1) is 10.5 Å². The minimum absolute atomic E-state index is 0.208. The first kappa shape index (κ1) is 10.5. The Bertz CT molecular complexity index is 321. The second-order valence-corrected chi connectivity index (χ2v) is 4.15. The van der Waals surface area contributed by atoms with Crippen molar-refractivity contribution in [3.63, 3.8) is 0 Å². The molecule has 13 heavy (non-hydrogen) atoms. The van der Waals surface area contributed by atoms with Gasteiger partial charge in [-0.2, -0.15) is 0 Å². The summed E-state index contributed by atoms with van der Waals surface area (Å²) in [5.74, 6) is -0.739. The molecule has 0 saturated heterocycles. The van der Waals surface area contributed by atoms with Gasteiger partial charge in [-0.15, -0.1) is 0 Å². The predicted octanol–water partition coefficient (Wildman–Crippen LogP) is 2.62. The van der Waals surface area contributed by atoms with Crippen LogP contribution in [0.4, 0.5) is 0 Å². The number of aliphatic carboxylic acids is 1. The smallest absolute Gasteiger partial charge is 0.303 e. The highest BCUT2D eigenvalue weighted by atomic mass is 127. The molecule has 1 N–H and O–H groups in total. The number of hydrogen-bond acceptors (Lipinski definition) is 1. The molecule has 0 fully saturated rings. The van der Waals surface area contributed by atoms with E-state index in [0.717, 1.165) is 9.13 Å². The first-order valence-corrected chi connectivity index (χ1v) is 5.14. The summed E-state index contributed by atoms with van der Waals surface area (Å²) in [5.41, 5.74) is 2.31. The average Bonchev–Trinajstić information content (AvgIpc) is 2.06. The molecule has 0 spiro atoms. The molecule has 1 aromatic carbocycles. The van der Waals surface area contributed by atoms with Crippen LogP contribution in [-0.4, -0.2) is 11.1 Å². The summed E-state index contributed by atoms with van der Waals surface area (Å²) in [7, 11) is 0. The first-order valence-electron chi connectivity index (χ1n) is 4.06. The number of carboxylic acid groups (broad SMARTS) is 1. The molecule has 0 atom stereocenters. The maximum absolute atomic E-state index is 10.4. The Hall–Kier alpha value is -0.580. The topological polar surface area (TPSA) is 37.3 Å². The molecule has 0 radical (unpaired) electrons. The molecule has 0 aliphatic rings. The van der Waals surface area contributed by atoms with Gasteiger partial charge >= 0.3 is 5.97 Å². The minimum atomic E-state index is -0.739. The van der Waals surface area contributed by atoms with Crippen molar-refractivity contribution >= 4 is 28.6 Å². The standard InChI is InChI=1S/C10H11IO2/c1-7-2-4-9(11)8(6-7)3-5-10(12)13/h2,4,6H,3,5H2,1H3,(H,12,13). The highest BCUT2D eigenvalue weighted by molar-refractivity contribution is 14.1. The quantitative estimate of drug-likeness (QED) is 0.869. The van der Waals surface area contributed by atoms with Crippen molar-refractivity contribution < 1.29 is 9.90 Å². The van der Waals surface area contributed by atoms with E-state index in [9.17, 15) is 4.79 Å². The van der Waals surface area contributed by atoms with Crippen LogP contribution in [-0.2, 0) is 11.2 Å². The Morgan fingerprint density at radius 2 is 2.23 bits per heavy atom. The largest absolute Gasteiger partial charge is 0.481 e. The van der Waals surface area contributed by atoms with E-state index in [2.05, 4.69) is 22.6 Å². The second kappa shape index (κ2) is 4.60. The summed E-state index contributed by atoms with van der Waals surface area (Å²) in [4.78, 5) is 10.4. The van der Waals surface area contributed by atoms with Gasteiger partial charge in [0.2, 0.25) is 0 Å². The fraction of sp³-hybridized carbons (Fsp3) is 0.300. The van der Waals surface area contributed by atoms with Crippen LogP contribution in [0.15, 0.2) is 18.2 Å². The summed E-state index contributed by atoms with van der Waals surface area (Å²) in [5, 5.41) is 8.53. The number of hydrogen-bond donors (Lipinski definition) is 1. The average molecular weight is 290 g/mol. The van der Waals surface area contributed by atoms with E-state index in [-0.39, 0.29) is 6.42 Å². The van der Waals surface area contributed by atoms with E-state index in [0.29, 0.717) is 6.42 Å². The molecule has 2 nitrogen and oxygen atoms in total. The molecule has 0 saturated carbocycles. The third-order valence-corrected chi connectivity index (χ3v) is 2.86. The van der Waals surface area contributed by atoms with E-state index >= 15 is 0 Å². The number of carbonyl (C=O) groups is 1. The molecule has 0 bridgehead atoms. The Morgan fingerprint density at radius 3 is 2.85 bits per heavy atom. The molecular formula is C10H11IO2. The normalized spacial score (nSPS) is 10.0. The number of rotatable bonds is 3. The Morgan fingerprint density at radius 1 is 1.54 bits per heavy atom. The minimum Gasteiger partial charge on any atom is -0.481 e. The van der Waals surface area contributed by atoms with Crippen molar-refractivity contribution in [3.05, 3.63) is 32.9 Å². The van der Waals surface area contributed by atoms with Gasteiger partial charge in [0.1, 0.15) is 0 Å². The van der Waals surface area contributed by atoms with Gasteiger partial charge in [0, 0.05) is 9.99 Å². The fourth-order valence-electron chi connectivity index (χ4n) is 1.14. The lowest BCUT2D eigenvalue weighted by molar-refractivity contribution is -0.136. The lowest BCUT2D eigenvalue weighted by Crippen LogP contribution is -1.99. The zero-order chi connectivity index (χ0) is 9.84. The van der Waals surface area contributed by atoms with Crippen LogP contribution in [0.25, 0.3) is 0 Å². The zero-order valence-electron chi connectivity index (χ0n) is 7.38. The molecular weight excluding hydrogens is 279 g/mol. The summed E-state index contributed by atoms with van der Waals surface area (Å²) < 4.78 is 1.14. The van der Waals surface area contributed by atoms with Gasteiger partial charge in [0.15, 0.2) is 0 Å². The third-order valence-electron chi connectivity index (χ3n) is 1.81. The Labute approximate surface area is 91.1 Å². The van der Waals surface area contributed by atoms with Crippen molar-refractivity contribution in [3.8, 4) is 0 Å². The van der Waals surface area contributed by atoms with Crippen molar-refractivity contribution in [1.82, 2.24) is 0 Å². The summed E-state index contributed by atoms with van der Waals surface area (Å²) >= 11 is 2.23. The van der Waals surface area contributed by atoms with Crippen molar-refractivity contribution in [2.45, 2.75) is 19.8 Å². The van der Waals surface area contributed by atoms with Gasteiger partial charge in [0.25, 0.3) is 0 Å². The molecule has 3 heteroatoms. The number of halogens is 1. The Balaban J connectivity index is 2.75. The second-order valence-electron chi connectivity index (χ2n) is 2.99. The number of carboxylic acids is 1. The van der Waals surface area contributed by atoms with Gasteiger partial charge in [0.05, 0.1) is 0 Å². The van der Waals surface area contributed by atoms with Crippen molar-refractivity contribution in [1.29, 1.82) is 0 Å².